The molecular formula is C29H36N6O3. The lowest BCUT2D eigenvalue weighted by Gasteiger charge is -2.40. The predicted octanol–water partition coefficient (Wildman–Crippen LogP) is 4.93. The van der Waals surface area contributed by atoms with Crippen LogP contribution in [0.3, 0.4) is 0 Å². The van der Waals surface area contributed by atoms with Crippen LogP contribution >= 0.6 is 0 Å². The molecule has 1 atom stereocenters. The molecule has 6 rings (SSSR count). The van der Waals surface area contributed by atoms with Crippen LogP contribution in [-0.4, -0.2) is 61.4 Å². The largest absolute Gasteiger partial charge is 0.389 e. The van der Waals surface area contributed by atoms with Crippen LogP contribution in [0.15, 0.2) is 35.1 Å². The molecule has 38 heavy (non-hydrogen) atoms. The van der Waals surface area contributed by atoms with E-state index in [1.54, 1.807) is 24.7 Å². The maximum Gasteiger partial charge on any atom is 0.165 e. The van der Waals surface area contributed by atoms with Crippen molar-refractivity contribution in [3.63, 3.8) is 0 Å². The van der Waals surface area contributed by atoms with Crippen molar-refractivity contribution in [2.75, 3.05) is 24.7 Å². The molecule has 200 valence electrons. The van der Waals surface area contributed by atoms with Gasteiger partial charge in [-0.15, -0.1) is 0 Å². The summed E-state index contributed by atoms with van der Waals surface area (Å²) < 4.78 is 13.2. The van der Waals surface area contributed by atoms with Gasteiger partial charge < -0.3 is 19.3 Å². The molecule has 3 aromatic heterocycles. The molecule has 1 saturated carbocycles. The number of anilines is 1. The number of benzene rings is 1. The van der Waals surface area contributed by atoms with Crippen LogP contribution in [-0.2, 0) is 11.3 Å². The molecule has 9 nitrogen and oxygen atoms in total. The van der Waals surface area contributed by atoms with E-state index in [4.69, 9.17) is 19.2 Å². The van der Waals surface area contributed by atoms with E-state index >= 15 is 0 Å². The van der Waals surface area contributed by atoms with E-state index in [0.717, 1.165) is 58.0 Å². The van der Waals surface area contributed by atoms with Gasteiger partial charge >= 0.3 is 0 Å². The highest BCUT2D eigenvalue weighted by atomic mass is 16.5. The summed E-state index contributed by atoms with van der Waals surface area (Å²) in [6, 6.07) is 6.62. The predicted molar refractivity (Wildman–Crippen MR) is 146 cm³/mol. The number of hydrogen-bond acceptors (Lipinski definition) is 8. The number of aliphatic hydroxyl groups is 1. The third kappa shape index (κ3) is 4.80. The maximum atomic E-state index is 10.3. The van der Waals surface area contributed by atoms with Crippen LogP contribution in [0.4, 0.5) is 5.82 Å². The van der Waals surface area contributed by atoms with Gasteiger partial charge in [-0.1, -0.05) is 24.1 Å². The average Bonchev–Trinajstić information content (AvgIpc) is 3.65. The van der Waals surface area contributed by atoms with Gasteiger partial charge in [0.05, 0.1) is 54.4 Å². The summed E-state index contributed by atoms with van der Waals surface area (Å²) in [6.07, 6.45) is 8.71. The second-order valence-corrected chi connectivity index (χ2v) is 11.4. The second kappa shape index (κ2) is 9.78. The molecule has 0 unspecified atom stereocenters. The van der Waals surface area contributed by atoms with Gasteiger partial charge in [0, 0.05) is 23.7 Å². The van der Waals surface area contributed by atoms with E-state index in [2.05, 4.69) is 33.4 Å². The SMILES string of the molecule is Cc1noc(C)c1-c1ccc2nc(-c3cnn(CC(C)(C)O)c3)nc(N3CCOC[C@@H]3C3CCCC3)c2c1. The van der Waals surface area contributed by atoms with Crippen LogP contribution in [0.1, 0.15) is 51.0 Å². The number of fused-ring (bicyclic) bond motifs is 1. The summed E-state index contributed by atoms with van der Waals surface area (Å²) >= 11 is 0. The van der Waals surface area contributed by atoms with E-state index in [0.29, 0.717) is 24.9 Å². The van der Waals surface area contributed by atoms with Crippen molar-refractivity contribution in [1.82, 2.24) is 24.9 Å². The number of morpholine rings is 1. The third-order valence-corrected chi connectivity index (χ3v) is 7.82. The maximum absolute atomic E-state index is 10.3. The van der Waals surface area contributed by atoms with Gasteiger partial charge in [0.2, 0.25) is 0 Å². The summed E-state index contributed by atoms with van der Waals surface area (Å²) in [6.45, 7) is 10.1. The van der Waals surface area contributed by atoms with Crippen LogP contribution in [0, 0.1) is 19.8 Å². The Morgan fingerprint density at radius 2 is 1.92 bits per heavy atom. The fraction of sp³-hybridized carbons (Fsp3) is 0.517. The van der Waals surface area contributed by atoms with Gasteiger partial charge in [-0.2, -0.15) is 5.10 Å². The molecule has 0 spiro atoms. The Morgan fingerprint density at radius 3 is 2.66 bits per heavy atom. The Hall–Kier alpha value is -3.30. The van der Waals surface area contributed by atoms with Crippen LogP contribution in [0.5, 0.6) is 0 Å². The minimum Gasteiger partial charge on any atom is -0.389 e. The van der Waals surface area contributed by atoms with Crippen LogP contribution < -0.4 is 4.90 Å². The molecule has 2 fully saturated rings. The Morgan fingerprint density at radius 1 is 1.11 bits per heavy atom. The summed E-state index contributed by atoms with van der Waals surface area (Å²) in [4.78, 5) is 12.6. The van der Waals surface area contributed by atoms with Crippen molar-refractivity contribution in [3.05, 3.63) is 42.0 Å². The second-order valence-electron chi connectivity index (χ2n) is 11.4. The smallest absolute Gasteiger partial charge is 0.165 e. The minimum absolute atomic E-state index is 0.290. The van der Waals surface area contributed by atoms with Crippen molar-refractivity contribution in [2.24, 2.45) is 5.92 Å². The lowest BCUT2D eigenvalue weighted by atomic mass is 9.95. The van der Waals surface area contributed by atoms with E-state index in [9.17, 15) is 5.11 Å². The highest BCUT2D eigenvalue weighted by Gasteiger charge is 2.34. The van der Waals surface area contributed by atoms with E-state index < -0.39 is 5.60 Å². The molecule has 1 aliphatic carbocycles. The highest BCUT2D eigenvalue weighted by Crippen LogP contribution is 2.38. The van der Waals surface area contributed by atoms with Crippen molar-refractivity contribution in [3.8, 4) is 22.5 Å². The summed E-state index contributed by atoms with van der Waals surface area (Å²) in [5, 5.41) is 19.9. The fourth-order valence-corrected chi connectivity index (χ4v) is 6.09. The lowest BCUT2D eigenvalue weighted by Crippen LogP contribution is -2.49. The normalized spacial score (nSPS) is 19.1. The van der Waals surface area contributed by atoms with E-state index in [-0.39, 0.29) is 6.04 Å². The zero-order chi connectivity index (χ0) is 26.4. The average molecular weight is 517 g/mol. The van der Waals surface area contributed by atoms with Gasteiger partial charge in [0.15, 0.2) is 5.82 Å². The highest BCUT2D eigenvalue weighted by molar-refractivity contribution is 5.94. The Labute approximate surface area is 222 Å². The van der Waals surface area contributed by atoms with Crippen molar-refractivity contribution in [1.29, 1.82) is 0 Å². The van der Waals surface area contributed by atoms with E-state index in [1.807, 2.05) is 20.0 Å². The van der Waals surface area contributed by atoms with E-state index in [1.165, 1.54) is 25.7 Å². The number of nitrogens with zero attached hydrogens (tertiary/aromatic N) is 6. The molecule has 2 aliphatic rings. The molecule has 0 radical (unpaired) electrons. The number of aromatic nitrogens is 5. The van der Waals surface area contributed by atoms with Crippen molar-refractivity contribution in [2.45, 2.75) is 71.6 Å². The number of aryl methyl sites for hydroxylation is 2. The first kappa shape index (κ1) is 25.0. The van der Waals surface area contributed by atoms with Gasteiger partial charge in [-0.25, -0.2) is 9.97 Å². The molecule has 0 amide bonds. The summed E-state index contributed by atoms with van der Waals surface area (Å²) in [5.41, 5.74) is 3.79. The quantitative estimate of drug-likeness (QED) is 0.385. The standard InChI is InChI=1S/C29H36N6O3/c1-18-26(19(2)38-33-18)21-9-10-24-23(13-21)28(35-11-12-37-16-25(35)20-7-5-6-8-20)32-27(31-24)22-14-30-34(15-22)17-29(3,4)36/h9-10,13-15,20,25,36H,5-8,11-12,16-17H2,1-4H3/t25-/m1/s1. The molecule has 1 saturated heterocycles. The molecule has 0 bridgehead atoms. The van der Waals surface area contributed by atoms with Crippen LogP contribution in [0.25, 0.3) is 33.4 Å². The van der Waals surface area contributed by atoms with Gasteiger partial charge in [0.25, 0.3) is 0 Å². The zero-order valence-corrected chi connectivity index (χ0v) is 22.6. The zero-order valence-electron chi connectivity index (χ0n) is 22.6. The van der Waals surface area contributed by atoms with Gasteiger partial charge in [-0.05, 0) is 64.2 Å². The number of rotatable bonds is 6. The summed E-state index contributed by atoms with van der Waals surface area (Å²) in [7, 11) is 0. The monoisotopic (exact) mass is 516 g/mol. The Balaban J connectivity index is 1.50. The van der Waals surface area contributed by atoms with Crippen molar-refractivity contribution < 1.29 is 14.4 Å². The topological polar surface area (TPSA) is 102 Å². The molecule has 9 heteroatoms. The van der Waals surface area contributed by atoms with Crippen molar-refractivity contribution >= 4 is 16.7 Å². The molecule has 1 N–H and O–H groups in total. The fourth-order valence-electron chi connectivity index (χ4n) is 6.09. The number of ether oxygens (including phenoxy) is 1. The first-order valence-corrected chi connectivity index (χ1v) is 13.6. The molecule has 1 aliphatic heterocycles. The Bertz CT molecular complexity index is 1430. The first-order chi connectivity index (χ1) is 18.3. The molecular weight excluding hydrogens is 480 g/mol. The van der Waals surface area contributed by atoms with Gasteiger partial charge in [0.1, 0.15) is 11.6 Å². The molecule has 1 aromatic carbocycles. The first-order valence-electron chi connectivity index (χ1n) is 13.6. The molecule has 4 heterocycles. The summed E-state index contributed by atoms with van der Waals surface area (Å²) in [5.74, 6) is 2.98. The third-order valence-electron chi connectivity index (χ3n) is 7.82. The number of hydrogen-bond donors (Lipinski definition) is 1. The Kier molecular flexibility index (Phi) is 6.44. The minimum atomic E-state index is -0.865. The lowest BCUT2D eigenvalue weighted by molar-refractivity contribution is 0.0577. The van der Waals surface area contributed by atoms with Crippen LogP contribution in [0.2, 0.25) is 0 Å². The van der Waals surface area contributed by atoms with Gasteiger partial charge in [-0.3, -0.25) is 4.68 Å². The molecule has 4 aromatic rings.